The fourth-order valence-electron chi connectivity index (χ4n) is 3.46. The van der Waals surface area contributed by atoms with Gasteiger partial charge >= 0.3 is 11.8 Å². The Kier molecular flexibility index (Phi) is 4.79. The molecule has 11 heteroatoms. The molecule has 0 bridgehead atoms. The van der Waals surface area contributed by atoms with Crippen molar-refractivity contribution in [1.29, 1.82) is 0 Å². The van der Waals surface area contributed by atoms with Gasteiger partial charge in [0.05, 0.1) is 9.82 Å². The molecule has 1 aliphatic carbocycles. The molecule has 3 rings (SSSR count). The van der Waals surface area contributed by atoms with Gasteiger partial charge in [-0.25, -0.2) is 18.4 Å². The number of hydrogen-bond acceptors (Lipinski definition) is 7. The number of carbonyl (C=O) groups is 1. The SMILES string of the molecule is CC(C)(C)OC(=O)N1CC2(CCC2)C1Oc1ccc(S(N)(=O)=O)cc1[N+](=O)[O-]. The molecule has 1 unspecified atom stereocenters. The Hall–Kier alpha value is -2.40. The summed E-state index contributed by atoms with van der Waals surface area (Å²) in [6, 6.07) is 3.19. The Balaban J connectivity index is 1.89. The number of nitrogens with zero attached hydrogens (tertiary/aromatic N) is 2. The molecule has 154 valence electrons. The van der Waals surface area contributed by atoms with E-state index in [2.05, 4.69) is 0 Å². The number of nitro benzene ring substituents is 1. The zero-order chi connectivity index (χ0) is 20.9. The van der Waals surface area contributed by atoms with Crippen molar-refractivity contribution in [3.8, 4) is 5.75 Å². The average Bonchev–Trinajstić information content (AvgIpc) is 2.47. The minimum atomic E-state index is -4.10. The highest BCUT2D eigenvalue weighted by atomic mass is 32.2. The van der Waals surface area contributed by atoms with Crippen LogP contribution in [0.15, 0.2) is 23.1 Å². The number of rotatable bonds is 4. The van der Waals surface area contributed by atoms with Crippen LogP contribution in [0.5, 0.6) is 5.75 Å². The van der Waals surface area contributed by atoms with Gasteiger partial charge in [-0.05, 0) is 45.7 Å². The van der Waals surface area contributed by atoms with E-state index in [1.54, 1.807) is 20.8 Å². The molecule has 1 atom stereocenters. The summed E-state index contributed by atoms with van der Waals surface area (Å²) >= 11 is 0. The van der Waals surface area contributed by atoms with E-state index in [1.807, 2.05) is 0 Å². The minimum absolute atomic E-state index is 0.123. The molecule has 2 aliphatic rings. The fraction of sp³-hybridized carbons (Fsp3) is 0.588. The third kappa shape index (κ3) is 3.76. The van der Waals surface area contributed by atoms with Gasteiger partial charge in [-0.2, -0.15) is 0 Å². The quantitative estimate of drug-likeness (QED) is 0.590. The smallest absolute Gasteiger partial charge is 0.413 e. The largest absolute Gasteiger partial charge is 0.462 e. The van der Waals surface area contributed by atoms with Crippen molar-refractivity contribution in [2.75, 3.05) is 6.54 Å². The van der Waals surface area contributed by atoms with Crippen LogP contribution < -0.4 is 9.88 Å². The molecule has 28 heavy (non-hydrogen) atoms. The van der Waals surface area contributed by atoms with E-state index in [0.29, 0.717) is 6.54 Å². The summed E-state index contributed by atoms with van der Waals surface area (Å²) in [5.41, 5.74) is -1.48. The average molecular weight is 413 g/mol. The molecular formula is C17H23N3O7S. The Morgan fingerprint density at radius 2 is 2.00 bits per heavy atom. The molecule has 1 amide bonds. The van der Waals surface area contributed by atoms with Crippen LogP contribution in [0.25, 0.3) is 0 Å². The van der Waals surface area contributed by atoms with Crippen molar-refractivity contribution in [2.45, 2.75) is 56.8 Å². The molecular weight excluding hydrogens is 390 g/mol. The lowest BCUT2D eigenvalue weighted by molar-refractivity contribution is -0.386. The second-order valence-electron chi connectivity index (χ2n) is 8.23. The number of amides is 1. The van der Waals surface area contributed by atoms with Crippen LogP contribution in [0, 0.1) is 15.5 Å². The highest BCUT2D eigenvalue weighted by molar-refractivity contribution is 7.89. The highest BCUT2D eigenvalue weighted by Crippen LogP contribution is 2.54. The Morgan fingerprint density at radius 3 is 2.46 bits per heavy atom. The number of ether oxygens (including phenoxy) is 2. The molecule has 0 aromatic heterocycles. The van der Waals surface area contributed by atoms with Crippen molar-refractivity contribution in [3.63, 3.8) is 0 Å². The van der Waals surface area contributed by atoms with Gasteiger partial charge in [0.15, 0.2) is 12.0 Å². The maximum Gasteiger partial charge on any atom is 0.413 e. The number of hydrogen-bond donors (Lipinski definition) is 1. The lowest BCUT2D eigenvalue weighted by Gasteiger charge is -2.60. The van der Waals surface area contributed by atoms with E-state index in [-0.39, 0.29) is 16.1 Å². The first-order chi connectivity index (χ1) is 12.8. The second kappa shape index (κ2) is 6.59. The number of benzene rings is 1. The number of nitrogens with two attached hydrogens (primary N) is 1. The van der Waals surface area contributed by atoms with E-state index >= 15 is 0 Å². The third-order valence-corrected chi connectivity index (χ3v) is 5.87. The Morgan fingerprint density at radius 1 is 1.36 bits per heavy atom. The molecule has 1 saturated heterocycles. The summed E-state index contributed by atoms with van der Waals surface area (Å²) in [5, 5.41) is 16.5. The predicted octanol–water partition coefficient (Wildman–Crippen LogP) is 2.37. The summed E-state index contributed by atoms with van der Waals surface area (Å²) in [6.07, 6.45) is 1.38. The minimum Gasteiger partial charge on any atom is -0.462 e. The first-order valence-corrected chi connectivity index (χ1v) is 10.3. The van der Waals surface area contributed by atoms with Gasteiger partial charge < -0.3 is 9.47 Å². The van der Waals surface area contributed by atoms with E-state index in [9.17, 15) is 23.3 Å². The summed E-state index contributed by atoms with van der Waals surface area (Å²) in [6.45, 7) is 5.69. The van der Waals surface area contributed by atoms with Crippen LogP contribution >= 0.6 is 0 Å². The van der Waals surface area contributed by atoms with Gasteiger partial charge in [-0.1, -0.05) is 6.42 Å². The fourth-order valence-corrected chi connectivity index (χ4v) is 3.99. The normalized spacial score (nSPS) is 20.9. The molecule has 10 nitrogen and oxygen atoms in total. The predicted molar refractivity (Wildman–Crippen MR) is 98.1 cm³/mol. The second-order valence-corrected chi connectivity index (χ2v) is 9.79. The summed E-state index contributed by atoms with van der Waals surface area (Å²) in [7, 11) is -4.10. The molecule has 2 fully saturated rings. The topological polar surface area (TPSA) is 142 Å². The number of carbonyl (C=O) groups excluding carboxylic acids is 1. The third-order valence-electron chi connectivity index (χ3n) is 4.96. The summed E-state index contributed by atoms with van der Waals surface area (Å²) in [5.74, 6) is -0.123. The summed E-state index contributed by atoms with van der Waals surface area (Å²) in [4.78, 5) is 24.2. The van der Waals surface area contributed by atoms with Crippen LogP contribution in [-0.2, 0) is 14.8 Å². The van der Waals surface area contributed by atoms with Gasteiger partial charge in [0.1, 0.15) is 5.60 Å². The van der Waals surface area contributed by atoms with Gasteiger partial charge in [0.25, 0.3) is 0 Å². The van der Waals surface area contributed by atoms with Crippen molar-refractivity contribution >= 4 is 21.8 Å². The number of primary sulfonamides is 1. The number of sulfonamides is 1. The summed E-state index contributed by atoms with van der Waals surface area (Å²) < 4.78 is 34.2. The van der Waals surface area contributed by atoms with Crippen molar-refractivity contribution in [3.05, 3.63) is 28.3 Å². The zero-order valence-corrected chi connectivity index (χ0v) is 16.7. The molecule has 1 aliphatic heterocycles. The van der Waals surface area contributed by atoms with Crippen LogP contribution in [0.2, 0.25) is 0 Å². The van der Waals surface area contributed by atoms with Crippen LogP contribution in [0.1, 0.15) is 40.0 Å². The van der Waals surface area contributed by atoms with Gasteiger partial charge in [0, 0.05) is 18.0 Å². The molecule has 0 radical (unpaired) electrons. The number of likely N-dealkylation sites (tertiary alicyclic amines) is 1. The lowest BCUT2D eigenvalue weighted by atomic mass is 9.62. The van der Waals surface area contributed by atoms with Crippen molar-refractivity contribution in [2.24, 2.45) is 10.6 Å². The Labute approximate surface area is 162 Å². The van der Waals surface area contributed by atoms with Gasteiger partial charge in [0.2, 0.25) is 10.0 Å². The Bertz CT molecular complexity index is 919. The lowest BCUT2D eigenvalue weighted by Crippen LogP contribution is -2.71. The first-order valence-electron chi connectivity index (χ1n) is 8.80. The van der Waals surface area contributed by atoms with Crippen molar-refractivity contribution in [1.82, 2.24) is 4.90 Å². The van der Waals surface area contributed by atoms with E-state index in [1.165, 1.54) is 11.0 Å². The van der Waals surface area contributed by atoms with E-state index < -0.39 is 38.6 Å². The number of nitro groups is 1. The zero-order valence-electron chi connectivity index (χ0n) is 15.9. The molecule has 1 aromatic rings. The van der Waals surface area contributed by atoms with Crippen LogP contribution in [0.3, 0.4) is 0 Å². The van der Waals surface area contributed by atoms with E-state index in [4.69, 9.17) is 14.6 Å². The van der Waals surface area contributed by atoms with Gasteiger partial charge in [-0.15, -0.1) is 0 Å². The molecule has 1 aromatic carbocycles. The molecule has 1 heterocycles. The first kappa shape index (κ1) is 20.3. The van der Waals surface area contributed by atoms with Crippen LogP contribution in [-0.4, -0.2) is 42.7 Å². The highest BCUT2D eigenvalue weighted by Gasteiger charge is 2.60. The van der Waals surface area contributed by atoms with Crippen molar-refractivity contribution < 1.29 is 27.6 Å². The maximum atomic E-state index is 12.5. The van der Waals surface area contributed by atoms with Crippen LogP contribution in [0.4, 0.5) is 10.5 Å². The standard InChI is InChI=1S/C17H23N3O7S/c1-16(2,3)27-15(21)19-10-17(7-4-8-17)14(19)26-13-6-5-11(28(18,24)25)9-12(13)20(22)23/h5-6,9,14H,4,7-8,10H2,1-3H3,(H2,18,24,25). The maximum absolute atomic E-state index is 12.5. The van der Waals surface area contributed by atoms with E-state index in [0.717, 1.165) is 31.4 Å². The molecule has 1 saturated carbocycles. The van der Waals surface area contributed by atoms with Gasteiger partial charge in [-0.3, -0.25) is 15.0 Å². The molecule has 2 N–H and O–H groups in total. The molecule has 1 spiro atoms. The monoisotopic (exact) mass is 413 g/mol.